The van der Waals surface area contributed by atoms with Gasteiger partial charge in [0, 0.05) is 31.0 Å². The highest BCUT2D eigenvalue weighted by molar-refractivity contribution is 5.71. The fraction of sp³-hybridized carbons (Fsp3) is 0.476. The van der Waals surface area contributed by atoms with E-state index in [4.69, 9.17) is 4.74 Å². The monoisotopic (exact) mass is 342 g/mol. The molecule has 1 atom stereocenters. The number of carbonyl (C=O) groups excluding carboxylic acids is 1. The summed E-state index contributed by atoms with van der Waals surface area (Å²) in [5, 5.41) is 0. The van der Waals surface area contributed by atoms with Crippen molar-refractivity contribution in [2.24, 2.45) is 5.92 Å². The summed E-state index contributed by atoms with van der Waals surface area (Å²) >= 11 is 0. The van der Waals surface area contributed by atoms with Crippen LogP contribution >= 0.6 is 0 Å². The second-order valence-corrected chi connectivity index (χ2v) is 7.02. The van der Waals surface area contributed by atoms with Crippen LogP contribution in [0.25, 0.3) is 0 Å². The first-order valence-electron chi connectivity index (χ1n) is 8.91. The predicted molar refractivity (Wildman–Crippen MR) is 101 cm³/mol. The lowest BCUT2D eigenvalue weighted by atomic mass is 10.0. The van der Waals surface area contributed by atoms with Gasteiger partial charge in [0.2, 0.25) is 0 Å². The maximum Gasteiger partial charge on any atom is 0.319 e. The molecule has 0 bridgehead atoms. The minimum atomic E-state index is -0.190. The minimum Gasteiger partial charge on any atom is -0.468 e. The van der Waals surface area contributed by atoms with Gasteiger partial charge < -0.3 is 9.30 Å². The Morgan fingerprint density at radius 2 is 1.88 bits per heavy atom. The highest BCUT2D eigenvalue weighted by Crippen LogP contribution is 2.17. The third-order valence-corrected chi connectivity index (χ3v) is 4.99. The molecule has 0 radical (unpaired) electrons. The molecule has 0 amide bonds. The van der Waals surface area contributed by atoms with Gasteiger partial charge in [-0.2, -0.15) is 0 Å². The first kappa shape index (κ1) is 19.3. The van der Waals surface area contributed by atoms with Crippen molar-refractivity contribution in [2.45, 2.75) is 46.8 Å². The fourth-order valence-corrected chi connectivity index (χ4v) is 2.92. The van der Waals surface area contributed by atoms with Crippen LogP contribution in [-0.2, 0) is 22.6 Å². The molecule has 1 aromatic heterocycles. The Kier molecular flexibility index (Phi) is 6.82. The van der Waals surface area contributed by atoms with Gasteiger partial charge in [0.1, 0.15) is 0 Å². The van der Waals surface area contributed by atoms with Gasteiger partial charge in [-0.25, -0.2) is 0 Å². The molecule has 1 heterocycles. The standard InChI is InChI=1S/C21H30N2O2/c1-16(2)18(4)23(15-21(24)25-5)14-20-11-8-12-22(20)13-19-10-7-6-9-17(19)3/h6-12,16,18H,13-15H2,1-5H3/t18-/m0/s1. The van der Waals surface area contributed by atoms with Crippen LogP contribution in [-0.4, -0.2) is 35.1 Å². The van der Waals surface area contributed by atoms with E-state index >= 15 is 0 Å². The summed E-state index contributed by atoms with van der Waals surface area (Å²) < 4.78 is 7.15. The molecule has 0 aliphatic heterocycles. The van der Waals surface area contributed by atoms with Gasteiger partial charge in [0.05, 0.1) is 13.7 Å². The number of esters is 1. The van der Waals surface area contributed by atoms with Crippen LogP contribution in [0.1, 0.15) is 37.6 Å². The molecule has 2 rings (SSSR count). The number of ether oxygens (including phenoxy) is 1. The second-order valence-electron chi connectivity index (χ2n) is 7.02. The molecule has 0 aliphatic rings. The fourth-order valence-electron chi connectivity index (χ4n) is 2.92. The maximum atomic E-state index is 11.8. The Morgan fingerprint density at radius 3 is 2.52 bits per heavy atom. The number of aryl methyl sites for hydroxylation is 1. The van der Waals surface area contributed by atoms with Crippen molar-refractivity contribution in [3.63, 3.8) is 0 Å². The van der Waals surface area contributed by atoms with Crippen LogP contribution in [0.5, 0.6) is 0 Å². The van der Waals surface area contributed by atoms with Gasteiger partial charge >= 0.3 is 5.97 Å². The van der Waals surface area contributed by atoms with Crippen molar-refractivity contribution >= 4 is 5.97 Å². The van der Waals surface area contributed by atoms with Crippen molar-refractivity contribution in [1.82, 2.24) is 9.47 Å². The molecule has 0 spiro atoms. The third-order valence-electron chi connectivity index (χ3n) is 4.99. The molecule has 4 nitrogen and oxygen atoms in total. The van der Waals surface area contributed by atoms with Crippen molar-refractivity contribution in [3.05, 3.63) is 59.4 Å². The molecule has 1 aromatic carbocycles. The summed E-state index contributed by atoms with van der Waals surface area (Å²) in [6, 6.07) is 13.0. The zero-order valence-electron chi connectivity index (χ0n) is 16.0. The van der Waals surface area contributed by atoms with Crippen molar-refractivity contribution in [3.8, 4) is 0 Å². The molecule has 4 heteroatoms. The highest BCUT2D eigenvalue weighted by atomic mass is 16.5. The highest BCUT2D eigenvalue weighted by Gasteiger charge is 2.21. The Hall–Kier alpha value is -2.07. The van der Waals surface area contributed by atoms with Crippen LogP contribution < -0.4 is 0 Å². The van der Waals surface area contributed by atoms with Gasteiger partial charge in [0.15, 0.2) is 0 Å². The summed E-state index contributed by atoms with van der Waals surface area (Å²) in [5.74, 6) is 0.272. The summed E-state index contributed by atoms with van der Waals surface area (Å²) in [5.41, 5.74) is 3.82. The number of methoxy groups -OCH3 is 1. The van der Waals surface area contributed by atoms with E-state index in [1.54, 1.807) is 0 Å². The number of hydrogen-bond donors (Lipinski definition) is 0. The van der Waals surface area contributed by atoms with Crippen molar-refractivity contribution in [2.75, 3.05) is 13.7 Å². The molecule has 0 saturated carbocycles. The summed E-state index contributed by atoms with van der Waals surface area (Å²) in [6.07, 6.45) is 2.11. The topological polar surface area (TPSA) is 34.5 Å². The van der Waals surface area contributed by atoms with Crippen LogP contribution in [0.3, 0.4) is 0 Å². The zero-order valence-corrected chi connectivity index (χ0v) is 16.0. The molecular formula is C21H30N2O2. The third kappa shape index (κ3) is 5.20. The molecule has 0 unspecified atom stereocenters. The van der Waals surface area contributed by atoms with Gasteiger partial charge in [-0.3, -0.25) is 9.69 Å². The van der Waals surface area contributed by atoms with E-state index in [9.17, 15) is 4.79 Å². The van der Waals surface area contributed by atoms with Gasteiger partial charge in [0.25, 0.3) is 0 Å². The molecular weight excluding hydrogens is 312 g/mol. The first-order valence-corrected chi connectivity index (χ1v) is 8.91. The number of carbonyl (C=O) groups is 1. The van der Waals surface area contributed by atoms with E-state index in [2.05, 4.69) is 79.8 Å². The molecule has 0 N–H and O–H groups in total. The van der Waals surface area contributed by atoms with Crippen LogP contribution in [0.2, 0.25) is 0 Å². The van der Waals surface area contributed by atoms with Crippen molar-refractivity contribution in [1.29, 1.82) is 0 Å². The van der Waals surface area contributed by atoms with E-state index in [0.29, 0.717) is 18.5 Å². The van der Waals surface area contributed by atoms with E-state index in [1.807, 2.05) is 0 Å². The number of aromatic nitrogens is 1. The molecule has 25 heavy (non-hydrogen) atoms. The minimum absolute atomic E-state index is 0.190. The Balaban J connectivity index is 2.18. The lowest BCUT2D eigenvalue weighted by Crippen LogP contribution is -2.40. The zero-order chi connectivity index (χ0) is 18.4. The lowest BCUT2D eigenvalue weighted by Gasteiger charge is -2.31. The number of rotatable bonds is 8. The SMILES string of the molecule is COC(=O)CN(Cc1cccn1Cc1ccccc1C)[C@@H](C)C(C)C. The van der Waals surface area contributed by atoms with Gasteiger partial charge in [-0.1, -0.05) is 38.1 Å². The van der Waals surface area contributed by atoms with Gasteiger partial charge in [-0.05, 0) is 43.0 Å². The molecule has 0 fully saturated rings. The van der Waals surface area contributed by atoms with Gasteiger partial charge in [-0.15, -0.1) is 0 Å². The molecule has 136 valence electrons. The maximum absolute atomic E-state index is 11.8. The van der Waals surface area contributed by atoms with Crippen LogP contribution in [0.15, 0.2) is 42.6 Å². The Labute approximate surface area is 151 Å². The average Bonchev–Trinajstić information content (AvgIpc) is 3.02. The lowest BCUT2D eigenvalue weighted by molar-refractivity contribution is -0.142. The first-order chi connectivity index (χ1) is 11.9. The summed E-state index contributed by atoms with van der Waals surface area (Å²) in [7, 11) is 1.45. The Bertz CT molecular complexity index is 691. The average molecular weight is 342 g/mol. The van der Waals surface area contributed by atoms with E-state index < -0.39 is 0 Å². The van der Waals surface area contributed by atoms with E-state index in [0.717, 1.165) is 13.1 Å². The molecule has 0 saturated heterocycles. The second kappa shape index (κ2) is 8.86. The quantitative estimate of drug-likeness (QED) is 0.683. The van der Waals surface area contributed by atoms with Crippen LogP contribution in [0, 0.1) is 12.8 Å². The number of benzene rings is 1. The smallest absolute Gasteiger partial charge is 0.319 e. The van der Waals surface area contributed by atoms with Crippen LogP contribution in [0.4, 0.5) is 0 Å². The molecule has 0 aliphatic carbocycles. The van der Waals surface area contributed by atoms with E-state index in [-0.39, 0.29) is 5.97 Å². The number of hydrogen-bond acceptors (Lipinski definition) is 3. The van der Waals surface area contributed by atoms with Crippen molar-refractivity contribution < 1.29 is 9.53 Å². The predicted octanol–water partition coefficient (Wildman–Crippen LogP) is 3.86. The summed E-state index contributed by atoms with van der Waals surface area (Å²) in [4.78, 5) is 14.0. The summed E-state index contributed by atoms with van der Waals surface area (Å²) in [6.45, 7) is 10.6. The number of nitrogens with zero attached hydrogens (tertiary/aromatic N) is 2. The Morgan fingerprint density at radius 1 is 1.16 bits per heavy atom. The molecule has 2 aromatic rings. The van der Waals surface area contributed by atoms with E-state index in [1.165, 1.54) is 23.9 Å². The largest absolute Gasteiger partial charge is 0.468 e. The normalized spacial score (nSPS) is 12.6.